The zero-order valence-electron chi connectivity index (χ0n) is 54.7. The summed E-state index contributed by atoms with van der Waals surface area (Å²) in [6.07, 6.45) is 11.2. The molecule has 1 aliphatic rings. The van der Waals surface area contributed by atoms with Crippen LogP contribution in [0.1, 0.15) is 38.8 Å². The number of aromatic amines is 2. The van der Waals surface area contributed by atoms with Crippen LogP contribution in [0.2, 0.25) is 0 Å². The molecule has 0 amide bonds. The van der Waals surface area contributed by atoms with Gasteiger partial charge in [-0.15, -0.1) is 10.2 Å². The third kappa shape index (κ3) is 18.8. The average Bonchev–Trinajstić information content (AvgIpc) is 1.61. The Morgan fingerprint density at radius 1 is 0.443 bits per heavy atom. The molecule has 2 N–H and O–H groups in total. The fraction of sp³-hybridized carbons (Fsp3) is 0.132. The van der Waals surface area contributed by atoms with E-state index >= 15 is 0 Å². The van der Waals surface area contributed by atoms with E-state index in [4.69, 9.17) is 28.4 Å². The maximum absolute atomic E-state index is 12.1. The summed E-state index contributed by atoms with van der Waals surface area (Å²) in [5.41, 5.74) is 7.14. The third-order valence-electron chi connectivity index (χ3n) is 15.9. The van der Waals surface area contributed by atoms with Gasteiger partial charge in [-0.25, -0.2) is 9.03 Å². The molecule has 0 radical (unpaired) electrons. The fourth-order valence-corrected chi connectivity index (χ4v) is 15.3. The minimum atomic E-state index is -0.446. The SMILES string of the molecule is Cc1cc2c(=O)[nH]c(-c3ccc(-c4cnn(C)c4)cc3)nn2c1.Cc1cc2c(=O)[nH]c(-c3ccc(Br)cc3)nn2c1.Cn1cc(B2OC(C)(C)C(C)(C)O2)cn1.[Cl][Pd][Cl].c1ccc(P(c2ccccc2)c2ccccc2)cc1.c1ccc(P(c2ccccc2)c2ccccc2)cc1. The summed E-state index contributed by atoms with van der Waals surface area (Å²) in [6.45, 7) is 12.1. The predicted molar refractivity (Wildman–Crippen MR) is 403 cm³/mol. The molecule has 0 spiro atoms. The molecule has 494 valence electrons. The zero-order chi connectivity index (χ0) is 68.5. The van der Waals surface area contributed by atoms with Gasteiger partial charge < -0.3 is 19.3 Å². The van der Waals surface area contributed by atoms with E-state index < -0.39 is 15.8 Å². The van der Waals surface area contributed by atoms with Gasteiger partial charge in [-0.2, -0.15) is 10.2 Å². The molecule has 14 nitrogen and oxygen atoms in total. The number of rotatable bonds is 10. The molecule has 1 saturated heterocycles. The van der Waals surface area contributed by atoms with Crippen molar-refractivity contribution in [2.24, 2.45) is 14.1 Å². The first kappa shape index (κ1) is 71.4. The van der Waals surface area contributed by atoms with Crippen LogP contribution in [0.25, 0.3) is 44.9 Å². The summed E-state index contributed by atoms with van der Waals surface area (Å²) in [5.74, 6) is 1.12. The molecular formula is C76H72BBrCl2N10O4P2Pd. The Labute approximate surface area is 592 Å². The van der Waals surface area contributed by atoms with E-state index in [1.54, 1.807) is 24.6 Å². The van der Waals surface area contributed by atoms with Gasteiger partial charge in [0, 0.05) is 71.7 Å². The van der Waals surface area contributed by atoms with E-state index in [-0.39, 0.29) is 45.4 Å². The normalized spacial score (nSPS) is 12.7. The first-order valence-electron chi connectivity index (χ1n) is 31.0. The molecular weight excluding hydrogens is 1450 g/mol. The van der Waals surface area contributed by atoms with Crippen LogP contribution in [0.4, 0.5) is 0 Å². The molecule has 97 heavy (non-hydrogen) atoms. The molecule has 0 aliphatic carbocycles. The Morgan fingerprint density at radius 2 is 0.753 bits per heavy atom. The van der Waals surface area contributed by atoms with E-state index in [0.717, 1.165) is 43.3 Å². The third-order valence-corrected chi connectivity index (χ3v) is 21.3. The number of fused-ring (bicyclic) bond motifs is 2. The second-order valence-corrected chi connectivity index (χ2v) is 31.3. The predicted octanol–water partition coefficient (Wildman–Crippen LogP) is 14.1. The van der Waals surface area contributed by atoms with E-state index in [1.165, 1.54) is 31.8 Å². The topological polar surface area (TPSA) is 154 Å². The smallest absolute Gasteiger partial charge is 0.0134 e. The first-order valence-corrected chi connectivity index (χ1v) is 38.5. The van der Waals surface area contributed by atoms with Crippen LogP contribution in [-0.2, 0) is 39.3 Å². The van der Waals surface area contributed by atoms with Crippen molar-refractivity contribution in [2.45, 2.75) is 52.7 Å². The number of aryl methyl sites for hydroxylation is 4. The van der Waals surface area contributed by atoms with Crippen LogP contribution in [0.5, 0.6) is 0 Å². The molecule has 21 heteroatoms. The Kier molecular flexibility index (Phi) is 24.8. The molecule has 6 aromatic heterocycles. The fourth-order valence-electron chi connectivity index (χ4n) is 10.4. The van der Waals surface area contributed by atoms with Crippen LogP contribution in [0.15, 0.2) is 294 Å². The Bertz CT molecular complexity index is 4580. The number of halogens is 3. The van der Waals surface area contributed by atoms with E-state index in [2.05, 4.69) is 228 Å². The molecule has 14 aromatic rings. The van der Waals surface area contributed by atoms with Gasteiger partial charge in [-0.05, 0) is 130 Å². The minimum Gasteiger partial charge on any atom is -0.0622 e. The summed E-state index contributed by atoms with van der Waals surface area (Å²) in [5, 5.41) is 25.6. The van der Waals surface area contributed by atoms with Gasteiger partial charge in [-0.1, -0.05) is 234 Å². The maximum Gasteiger partial charge on any atom is -0.0134 e. The summed E-state index contributed by atoms with van der Waals surface area (Å²) in [7, 11) is 12.2. The van der Waals surface area contributed by atoms with Gasteiger partial charge in [0.25, 0.3) is 11.1 Å². The van der Waals surface area contributed by atoms with Gasteiger partial charge in [0.1, 0.15) is 11.0 Å². The van der Waals surface area contributed by atoms with E-state index in [9.17, 15) is 9.59 Å². The van der Waals surface area contributed by atoms with E-state index in [1.807, 2.05) is 147 Å². The molecule has 0 saturated carbocycles. The van der Waals surface area contributed by atoms with Crippen LogP contribution >= 0.6 is 50.8 Å². The van der Waals surface area contributed by atoms with Crippen molar-refractivity contribution in [3.05, 3.63) is 316 Å². The van der Waals surface area contributed by atoms with Crippen LogP contribution in [0.3, 0.4) is 0 Å². The summed E-state index contributed by atoms with van der Waals surface area (Å²) in [6, 6.07) is 83.8. The van der Waals surface area contributed by atoms with Crippen molar-refractivity contribution in [2.75, 3.05) is 0 Å². The zero-order valence-corrected chi connectivity index (χ0v) is 61.1. The van der Waals surface area contributed by atoms with Gasteiger partial charge in [0.05, 0.1) is 17.4 Å². The molecule has 1 fully saturated rings. The molecule has 8 aromatic carbocycles. The molecule has 0 atom stereocenters. The number of hydrogen-bond donors (Lipinski definition) is 2. The number of nitrogens with zero attached hydrogens (tertiary/aromatic N) is 8. The number of H-pyrrole nitrogens is 2. The second-order valence-electron chi connectivity index (χ2n) is 23.6. The molecule has 0 bridgehead atoms. The van der Waals surface area contributed by atoms with Gasteiger partial charge in [0.2, 0.25) is 0 Å². The van der Waals surface area contributed by atoms with Crippen molar-refractivity contribution >= 4 is 106 Å². The quantitative estimate of drug-likeness (QED) is 0.101. The first-order chi connectivity index (χ1) is 46.9. The van der Waals surface area contributed by atoms with Crippen LogP contribution in [-0.4, -0.2) is 67.1 Å². The molecule has 7 heterocycles. The molecule has 15 rings (SSSR count). The van der Waals surface area contributed by atoms with Crippen molar-refractivity contribution < 1.29 is 25.2 Å². The second kappa shape index (κ2) is 33.7. The van der Waals surface area contributed by atoms with Crippen LogP contribution < -0.4 is 48.4 Å². The van der Waals surface area contributed by atoms with Crippen molar-refractivity contribution in [3.8, 4) is 33.9 Å². The van der Waals surface area contributed by atoms with Gasteiger partial charge in [0.15, 0.2) is 11.6 Å². The Hall–Kier alpha value is -8.41. The summed E-state index contributed by atoms with van der Waals surface area (Å²) < 4.78 is 19.5. The molecule has 1 aliphatic heterocycles. The largest absolute Gasteiger partial charge is 0.0622 e. The van der Waals surface area contributed by atoms with Crippen molar-refractivity contribution in [3.63, 3.8) is 0 Å². The Balaban J connectivity index is 0.000000131. The molecule has 0 unspecified atom stereocenters. The van der Waals surface area contributed by atoms with Crippen molar-refractivity contribution in [1.29, 1.82) is 0 Å². The average molecular weight is 1520 g/mol. The maximum atomic E-state index is 12.1. The minimum absolute atomic E-state index is 0.106. The van der Waals surface area contributed by atoms with Crippen LogP contribution in [0, 0.1) is 13.8 Å². The number of nitrogens with one attached hydrogen (secondary N) is 2. The Morgan fingerprint density at radius 3 is 1.06 bits per heavy atom. The summed E-state index contributed by atoms with van der Waals surface area (Å²) >= 11 is 3.27. The number of benzene rings is 8. The van der Waals surface area contributed by atoms with Gasteiger partial charge in [-0.3, -0.25) is 19.0 Å². The van der Waals surface area contributed by atoms with Crippen molar-refractivity contribution in [1.82, 2.24) is 48.8 Å². The summed E-state index contributed by atoms with van der Waals surface area (Å²) in [4.78, 5) is 29.7. The number of aromatic nitrogens is 10. The standard InChI is InChI=1S/2C18H15P.C17H15N5O.C13H10BrN3O.C10H17BN2O2.2ClH.Pd/c2*1-4-10-16(11-5-1)19(17-12-6-2-7-13-17)18-14-8-3-9-15-18;1-11-7-15-17(23)19-16(20-22(15)9-11)13-5-3-12(4-6-13)14-8-18-21(2)10-14;1-8-6-11-13(18)15-12(16-17(11)7-8)9-2-4-10(14)5-3-9;1-9(2)10(3,4)15-11(14-9)8-6-12-13(5)7-8;;;/h2*1-15H;3-10H,1-2H3,(H,19,20,23);2-7H,1H3,(H,15,16,18);6-7H,1-5H3;2*1H;/q;;;;;;;+2/p-2. The van der Waals surface area contributed by atoms with Gasteiger partial charge >= 0.3 is 42.1 Å². The number of hydrogen-bond acceptors (Lipinski definition) is 8. The van der Waals surface area contributed by atoms with E-state index in [0.29, 0.717) is 22.7 Å². The monoisotopic (exact) mass is 1520 g/mol.